The normalized spacial score (nSPS) is 32.3. The van der Waals surface area contributed by atoms with E-state index >= 15 is 0 Å². The van der Waals surface area contributed by atoms with Crippen LogP contribution in [-0.2, 0) is 30.4 Å². The molecule has 0 bridgehead atoms. The smallest absolute Gasteiger partial charge is 0.247 e. The molecule has 1 aliphatic carbocycles. The van der Waals surface area contributed by atoms with E-state index in [9.17, 15) is 29.6 Å². The van der Waals surface area contributed by atoms with Crippen LogP contribution in [0.5, 0.6) is 5.75 Å². The second-order valence-corrected chi connectivity index (χ2v) is 11.3. The summed E-state index contributed by atoms with van der Waals surface area (Å²) in [6, 6.07) is 9.96. The molecule has 1 saturated carbocycles. The van der Waals surface area contributed by atoms with Gasteiger partial charge >= 0.3 is 0 Å². The number of carbonyl (C=O) groups is 1. The van der Waals surface area contributed by atoms with E-state index in [0.29, 0.717) is 16.3 Å². The number of nitrogens with zero attached hydrogens (tertiary/aromatic N) is 1. The van der Waals surface area contributed by atoms with Crippen molar-refractivity contribution in [3.8, 4) is 5.75 Å². The topological polar surface area (TPSA) is 169 Å². The number of halogens is 2. The van der Waals surface area contributed by atoms with E-state index in [1.807, 2.05) is 6.07 Å². The maximum atomic E-state index is 15.0. The summed E-state index contributed by atoms with van der Waals surface area (Å²) in [5.41, 5.74) is 1.69. The fourth-order valence-corrected chi connectivity index (χ4v) is 5.56. The lowest BCUT2D eigenvalue weighted by Crippen LogP contribution is -2.67. The molecule has 12 nitrogen and oxygen atoms in total. The molecule has 0 radical (unpaired) electrons. The Morgan fingerprint density at radius 1 is 1.09 bits per heavy atom. The van der Waals surface area contributed by atoms with Crippen LogP contribution in [-0.4, -0.2) is 93.9 Å². The van der Waals surface area contributed by atoms with Gasteiger partial charge in [-0.25, -0.2) is 4.39 Å². The molecule has 2 heterocycles. The Balaban J connectivity index is 1.15. The van der Waals surface area contributed by atoms with Gasteiger partial charge in [0.1, 0.15) is 50.0 Å². The highest BCUT2D eigenvalue weighted by Crippen LogP contribution is 2.31. The number of amides is 1. The summed E-state index contributed by atoms with van der Waals surface area (Å²) in [7, 11) is 0. The van der Waals surface area contributed by atoms with Crippen molar-refractivity contribution in [1.29, 1.82) is 0 Å². The van der Waals surface area contributed by atoms with Gasteiger partial charge in [-0.2, -0.15) is 0 Å². The molecule has 5 rings (SSSR count). The first-order valence-corrected chi connectivity index (χ1v) is 14.4. The standard InChI is InChI=1S/C30H34ClFN2O10/c1-14(30(39)33-23-24(36)26(38)29-28(25(23)37)40-13-41-29)8-16-6-7-21(19(32)10-16)43-22-11-20(35)27(44-22)15(2)34-42-12-17-4-3-5-18(31)9-17/h3-10,20,22-29,35-38H,11-13H2,1-2H3,(H,33,39)/b14-8+,34-15?/t20-,22?,23?,24-,25+,26+,27+,28-,29+/m0/s1. The summed E-state index contributed by atoms with van der Waals surface area (Å²) in [5, 5.41) is 48.9. The van der Waals surface area contributed by atoms with Gasteiger partial charge < -0.3 is 49.5 Å². The monoisotopic (exact) mass is 636 g/mol. The van der Waals surface area contributed by atoms with Gasteiger partial charge in [0.2, 0.25) is 12.2 Å². The van der Waals surface area contributed by atoms with E-state index in [0.717, 1.165) is 11.6 Å². The highest BCUT2D eigenvalue weighted by molar-refractivity contribution is 6.30. The molecule has 2 aliphatic heterocycles. The van der Waals surface area contributed by atoms with Crippen molar-refractivity contribution in [2.24, 2.45) is 5.16 Å². The van der Waals surface area contributed by atoms with Crippen LogP contribution in [0.25, 0.3) is 6.08 Å². The molecule has 2 unspecified atom stereocenters. The highest BCUT2D eigenvalue weighted by Gasteiger charge is 2.53. The van der Waals surface area contributed by atoms with Crippen molar-refractivity contribution in [3.05, 3.63) is 70.0 Å². The summed E-state index contributed by atoms with van der Waals surface area (Å²) in [4.78, 5) is 18.2. The van der Waals surface area contributed by atoms with Crippen molar-refractivity contribution >= 4 is 29.3 Å². The number of aliphatic hydroxyl groups excluding tert-OH is 4. The Bertz CT molecular complexity index is 1410. The molecule has 2 aromatic carbocycles. The first-order chi connectivity index (χ1) is 21.0. The van der Waals surface area contributed by atoms with Crippen molar-refractivity contribution in [2.75, 3.05) is 6.79 Å². The summed E-state index contributed by atoms with van der Waals surface area (Å²) >= 11 is 5.97. The summed E-state index contributed by atoms with van der Waals surface area (Å²) in [6.07, 6.45) is -7.24. The van der Waals surface area contributed by atoms with Crippen LogP contribution in [0, 0.1) is 5.82 Å². The maximum Gasteiger partial charge on any atom is 0.247 e. The van der Waals surface area contributed by atoms with Crippen molar-refractivity contribution in [1.82, 2.24) is 5.32 Å². The fourth-order valence-electron chi connectivity index (χ4n) is 5.35. The number of carbonyl (C=O) groups excluding carboxylic acids is 1. The molecule has 0 aromatic heterocycles. The minimum Gasteiger partial charge on any atom is -0.462 e. The molecule has 0 spiro atoms. The second kappa shape index (κ2) is 13.9. The Morgan fingerprint density at radius 2 is 1.84 bits per heavy atom. The van der Waals surface area contributed by atoms with Gasteiger partial charge in [0.15, 0.2) is 11.6 Å². The number of hydrogen-bond acceptors (Lipinski definition) is 11. The van der Waals surface area contributed by atoms with Crippen molar-refractivity contribution in [2.45, 2.75) is 81.9 Å². The molecular weight excluding hydrogens is 603 g/mol. The van der Waals surface area contributed by atoms with E-state index in [-0.39, 0.29) is 31.1 Å². The van der Waals surface area contributed by atoms with Crippen molar-refractivity contribution in [3.63, 3.8) is 0 Å². The van der Waals surface area contributed by atoms with E-state index in [2.05, 4.69) is 10.5 Å². The van der Waals surface area contributed by atoms with Gasteiger partial charge in [0.05, 0.1) is 17.9 Å². The van der Waals surface area contributed by atoms with Gasteiger partial charge in [0, 0.05) is 17.0 Å². The third kappa shape index (κ3) is 7.22. The lowest BCUT2D eigenvalue weighted by molar-refractivity contribution is -0.155. The summed E-state index contributed by atoms with van der Waals surface area (Å²) < 4.78 is 36.9. The van der Waals surface area contributed by atoms with Crippen LogP contribution >= 0.6 is 11.6 Å². The molecule has 3 aliphatic rings. The average molecular weight is 637 g/mol. The largest absolute Gasteiger partial charge is 0.462 e. The average Bonchev–Trinajstić information content (AvgIpc) is 3.62. The van der Waals surface area contributed by atoms with E-state index in [4.69, 9.17) is 35.4 Å². The van der Waals surface area contributed by atoms with Gasteiger partial charge in [-0.1, -0.05) is 35.0 Å². The molecular formula is C30H34ClFN2O10. The van der Waals surface area contributed by atoms with Crippen molar-refractivity contribution < 1.29 is 53.4 Å². The van der Waals surface area contributed by atoms with Gasteiger partial charge in [-0.15, -0.1) is 0 Å². The molecule has 9 atom stereocenters. The molecule has 5 N–H and O–H groups in total. The van der Waals surface area contributed by atoms with Crippen LogP contribution in [0.1, 0.15) is 31.4 Å². The Kier molecular flexibility index (Phi) is 10.2. The molecule has 2 aromatic rings. The number of ether oxygens (including phenoxy) is 4. The van der Waals surface area contributed by atoms with E-state index < -0.39 is 66.8 Å². The number of oxime groups is 1. The lowest BCUT2D eigenvalue weighted by Gasteiger charge is -2.41. The highest BCUT2D eigenvalue weighted by atomic mass is 35.5. The minimum atomic E-state index is -1.49. The third-order valence-electron chi connectivity index (χ3n) is 7.68. The number of nitrogens with one attached hydrogen (secondary N) is 1. The zero-order valence-electron chi connectivity index (χ0n) is 23.9. The minimum absolute atomic E-state index is 0.0680. The van der Waals surface area contributed by atoms with E-state index in [1.165, 1.54) is 25.1 Å². The molecule has 3 fully saturated rings. The van der Waals surface area contributed by atoms with Crippen LogP contribution < -0.4 is 10.1 Å². The SMILES string of the molecule is CC(=NOCc1cccc(Cl)c1)[C@H]1OC(Oc2ccc(/C=C(\C)C(=O)NC3[C@@H](O)[C@@H]4OCO[C@@H]4[C@H](O)[C@H]3O)cc2F)C[C@@H]1O. The zero-order chi connectivity index (χ0) is 31.5. The summed E-state index contributed by atoms with van der Waals surface area (Å²) in [5.74, 6) is -1.49. The van der Waals surface area contributed by atoms with Crippen LogP contribution in [0.4, 0.5) is 4.39 Å². The van der Waals surface area contributed by atoms with Crippen LogP contribution in [0.2, 0.25) is 5.02 Å². The first kappa shape index (κ1) is 32.3. The maximum absolute atomic E-state index is 15.0. The Morgan fingerprint density at radius 3 is 2.57 bits per heavy atom. The predicted octanol–water partition coefficient (Wildman–Crippen LogP) is 1.65. The fraction of sp³-hybridized carbons (Fsp3) is 0.467. The van der Waals surface area contributed by atoms with Gasteiger partial charge in [-0.3, -0.25) is 4.79 Å². The summed E-state index contributed by atoms with van der Waals surface area (Å²) in [6.45, 7) is 3.14. The van der Waals surface area contributed by atoms with Crippen LogP contribution in [0.15, 0.2) is 53.2 Å². The molecule has 44 heavy (non-hydrogen) atoms. The lowest BCUT2D eigenvalue weighted by atomic mass is 9.83. The number of benzene rings is 2. The molecule has 1 amide bonds. The molecule has 2 saturated heterocycles. The number of aliphatic hydroxyl groups is 4. The van der Waals surface area contributed by atoms with Gasteiger partial charge in [0.25, 0.3) is 0 Å². The number of rotatable bonds is 9. The van der Waals surface area contributed by atoms with E-state index in [1.54, 1.807) is 25.1 Å². The molecule has 238 valence electrons. The first-order valence-electron chi connectivity index (χ1n) is 14.0. The number of fused-ring (bicyclic) bond motifs is 1. The van der Waals surface area contributed by atoms with Gasteiger partial charge in [-0.05, 0) is 55.3 Å². The predicted molar refractivity (Wildman–Crippen MR) is 154 cm³/mol. The zero-order valence-corrected chi connectivity index (χ0v) is 24.6. The Labute approximate surface area is 257 Å². The van der Waals surface area contributed by atoms with Crippen LogP contribution in [0.3, 0.4) is 0 Å². The second-order valence-electron chi connectivity index (χ2n) is 10.9. The molecule has 14 heteroatoms. The number of hydrogen-bond donors (Lipinski definition) is 5. The third-order valence-corrected chi connectivity index (χ3v) is 7.91. The Hall–Kier alpha value is -3.14. The quantitative estimate of drug-likeness (QED) is 0.155.